The number of carboxylic acid groups (broad SMARTS) is 1. The van der Waals surface area contributed by atoms with Crippen LogP contribution in [0.25, 0.3) is 0 Å². The van der Waals surface area contributed by atoms with Crippen LogP contribution < -0.4 is 39.4 Å². The predicted octanol–water partition coefficient (Wildman–Crippen LogP) is -1.75. The van der Waals surface area contributed by atoms with Crippen molar-refractivity contribution in [3.63, 3.8) is 0 Å². The fourth-order valence-corrected chi connectivity index (χ4v) is 1.10. The van der Waals surface area contributed by atoms with Crippen LogP contribution in [-0.2, 0) is 4.79 Å². The first-order chi connectivity index (χ1) is 6.63. The van der Waals surface area contributed by atoms with Crippen LogP contribution in [0, 0.1) is 0 Å². The Kier molecular flexibility index (Phi) is 7.02. The van der Waals surface area contributed by atoms with Crippen molar-refractivity contribution >= 4 is 17.6 Å². The van der Waals surface area contributed by atoms with Crippen LogP contribution in [0.3, 0.4) is 0 Å². The van der Waals surface area contributed by atoms with Crippen LogP contribution in [0.15, 0.2) is 24.3 Å². The smallest absolute Gasteiger partial charge is 0.546 e. The van der Waals surface area contributed by atoms with E-state index >= 15 is 0 Å². The van der Waals surface area contributed by atoms with E-state index in [1.807, 2.05) is 0 Å². The molecule has 0 aliphatic heterocycles. The van der Waals surface area contributed by atoms with Crippen molar-refractivity contribution in [1.29, 1.82) is 0 Å². The second-order valence-electron chi connectivity index (χ2n) is 2.79. The predicted molar refractivity (Wildman–Crippen MR) is 51.2 cm³/mol. The number of hydrogen-bond acceptors (Lipinski definition) is 3. The van der Waals surface area contributed by atoms with Crippen molar-refractivity contribution in [2.75, 3.05) is 0 Å². The van der Waals surface area contributed by atoms with Crippen LogP contribution in [0.5, 0.6) is 5.75 Å². The van der Waals surface area contributed by atoms with Gasteiger partial charge in [0, 0.05) is 5.02 Å². The summed E-state index contributed by atoms with van der Waals surface area (Å²) in [5.74, 6) is -0.729. The number of carbonyl (C=O) groups is 1. The number of carbonyl (C=O) groups excluding carboxylic acids is 1. The molecule has 0 saturated carbocycles. The first-order valence-corrected chi connectivity index (χ1v) is 4.64. The van der Waals surface area contributed by atoms with Gasteiger partial charge in [-0.1, -0.05) is 18.5 Å². The third kappa shape index (κ3) is 4.89. The van der Waals surface area contributed by atoms with Crippen molar-refractivity contribution in [1.82, 2.24) is 0 Å². The standard InChI is InChI=1S/C10H11ClO3.Na/c1-2-9(10(12)13)14-8-5-3-7(11)4-6-8;/h3-6,9H,2H2,1H3,(H,12,13);/q;+1/p-1/t9-;/m0./s1. The number of hydrogen-bond donors (Lipinski definition) is 0. The molecule has 0 bridgehead atoms. The topological polar surface area (TPSA) is 49.4 Å². The van der Waals surface area contributed by atoms with E-state index in [1.54, 1.807) is 31.2 Å². The number of rotatable bonds is 4. The number of ether oxygens (including phenoxy) is 1. The summed E-state index contributed by atoms with van der Waals surface area (Å²) in [5, 5.41) is 11.1. The van der Waals surface area contributed by atoms with E-state index in [0.29, 0.717) is 17.2 Å². The molecule has 5 heteroatoms. The van der Waals surface area contributed by atoms with Gasteiger partial charge >= 0.3 is 29.6 Å². The third-order valence-electron chi connectivity index (χ3n) is 1.73. The SMILES string of the molecule is CC[C@H](Oc1ccc(Cl)cc1)C(=O)[O-].[Na+]. The minimum Gasteiger partial charge on any atom is -0.546 e. The van der Waals surface area contributed by atoms with Crippen LogP contribution in [0.4, 0.5) is 0 Å². The third-order valence-corrected chi connectivity index (χ3v) is 1.98. The fraction of sp³-hybridized carbons (Fsp3) is 0.300. The van der Waals surface area contributed by atoms with E-state index in [-0.39, 0.29) is 29.6 Å². The van der Waals surface area contributed by atoms with Gasteiger partial charge in [-0.05, 0) is 30.7 Å². The van der Waals surface area contributed by atoms with E-state index in [9.17, 15) is 9.90 Å². The van der Waals surface area contributed by atoms with E-state index in [4.69, 9.17) is 16.3 Å². The second kappa shape index (κ2) is 7.12. The zero-order valence-corrected chi connectivity index (χ0v) is 11.5. The maximum Gasteiger partial charge on any atom is 1.00 e. The van der Waals surface area contributed by atoms with Crippen molar-refractivity contribution in [3.8, 4) is 5.75 Å². The van der Waals surface area contributed by atoms with Crippen molar-refractivity contribution in [3.05, 3.63) is 29.3 Å². The van der Waals surface area contributed by atoms with Crippen LogP contribution in [-0.4, -0.2) is 12.1 Å². The Morgan fingerprint density at radius 2 is 2.00 bits per heavy atom. The number of aliphatic carboxylic acids is 1. The molecule has 0 radical (unpaired) electrons. The number of benzene rings is 1. The molecule has 0 amide bonds. The summed E-state index contributed by atoms with van der Waals surface area (Å²) in [6, 6.07) is 6.51. The summed E-state index contributed by atoms with van der Waals surface area (Å²) in [4.78, 5) is 10.5. The van der Waals surface area contributed by atoms with Gasteiger partial charge in [0.1, 0.15) is 11.9 Å². The number of carboxylic acids is 1. The van der Waals surface area contributed by atoms with Crippen LogP contribution in [0.1, 0.15) is 13.3 Å². The molecule has 3 nitrogen and oxygen atoms in total. The van der Waals surface area contributed by atoms with E-state index in [2.05, 4.69) is 0 Å². The number of halogens is 1. The first kappa shape index (κ1) is 14.8. The average Bonchev–Trinajstić information content (AvgIpc) is 2.16. The Hall–Kier alpha value is -0.220. The molecule has 76 valence electrons. The van der Waals surface area contributed by atoms with Crippen molar-refractivity contribution < 1.29 is 44.2 Å². The zero-order chi connectivity index (χ0) is 10.6. The van der Waals surface area contributed by atoms with Gasteiger partial charge in [-0.3, -0.25) is 0 Å². The molecule has 15 heavy (non-hydrogen) atoms. The summed E-state index contributed by atoms with van der Waals surface area (Å²) >= 11 is 5.66. The molecule has 1 atom stereocenters. The molecule has 0 heterocycles. The van der Waals surface area contributed by atoms with Crippen LogP contribution in [0.2, 0.25) is 5.02 Å². The molecule has 0 spiro atoms. The maximum atomic E-state index is 10.5. The van der Waals surface area contributed by atoms with Gasteiger partial charge in [-0.15, -0.1) is 0 Å². The summed E-state index contributed by atoms with van der Waals surface area (Å²) < 4.78 is 5.16. The molecule has 0 aliphatic carbocycles. The Morgan fingerprint density at radius 3 is 2.40 bits per heavy atom. The Morgan fingerprint density at radius 1 is 1.47 bits per heavy atom. The van der Waals surface area contributed by atoms with Gasteiger partial charge < -0.3 is 14.6 Å². The monoisotopic (exact) mass is 236 g/mol. The largest absolute Gasteiger partial charge is 1.00 e. The second-order valence-corrected chi connectivity index (χ2v) is 3.22. The molecule has 0 unspecified atom stereocenters. The van der Waals surface area contributed by atoms with Gasteiger partial charge in [0.2, 0.25) is 0 Å². The van der Waals surface area contributed by atoms with Crippen LogP contribution >= 0.6 is 11.6 Å². The van der Waals surface area contributed by atoms with E-state index < -0.39 is 12.1 Å². The van der Waals surface area contributed by atoms with Gasteiger partial charge in [0.05, 0.1) is 5.97 Å². The summed E-state index contributed by atoms with van der Waals surface area (Å²) in [6.45, 7) is 1.72. The molecule has 1 aromatic rings. The molecule has 0 aliphatic rings. The minimum absolute atomic E-state index is 0. The maximum absolute atomic E-state index is 10.5. The van der Waals surface area contributed by atoms with E-state index in [0.717, 1.165) is 0 Å². The molecular formula is C10H10ClNaO3. The Labute approximate surface area is 116 Å². The molecule has 1 aromatic carbocycles. The Balaban J connectivity index is 0.00000196. The molecule has 0 aromatic heterocycles. The molecule has 0 saturated heterocycles. The normalized spacial score (nSPS) is 11.3. The molecule has 0 N–H and O–H groups in total. The van der Waals surface area contributed by atoms with Gasteiger partial charge in [0.15, 0.2) is 0 Å². The van der Waals surface area contributed by atoms with Crippen molar-refractivity contribution in [2.24, 2.45) is 0 Å². The van der Waals surface area contributed by atoms with Gasteiger partial charge in [0.25, 0.3) is 0 Å². The summed E-state index contributed by atoms with van der Waals surface area (Å²) in [6.07, 6.45) is -0.540. The molecular weight excluding hydrogens is 227 g/mol. The first-order valence-electron chi connectivity index (χ1n) is 4.26. The van der Waals surface area contributed by atoms with Gasteiger partial charge in [-0.25, -0.2) is 0 Å². The van der Waals surface area contributed by atoms with E-state index in [1.165, 1.54) is 0 Å². The Bertz CT molecular complexity index is 313. The molecule has 1 rings (SSSR count). The van der Waals surface area contributed by atoms with Gasteiger partial charge in [-0.2, -0.15) is 0 Å². The summed E-state index contributed by atoms with van der Waals surface area (Å²) in [5.41, 5.74) is 0. The molecule has 0 fully saturated rings. The summed E-state index contributed by atoms with van der Waals surface area (Å²) in [7, 11) is 0. The fourth-order valence-electron chi connectivity index (χ4n) is 0.976. The average molecular weight is 237 g/mol. The van der Waals surface area contributed by atoms with Crippen molar-refractivity contribution in [2.45, 2.75) is 19.4 Å². The quantitative estimate of drug-likeness (QED) is 0.583. The zero-order valence-electron chi connectivity index (χ0n) is 8.70. The minimum atomic E-state index is -1.21.